The van der Waals surface area contributed by atoms with Crippen molar-refractivity contribution in [2.45, 2.75) is 59.5 Å². The highest BCUT2D eigenvalue weighted by atomic mass is 35.5. The molecule has 2 atom stereocenters. The molecular formula is C19H25ClN2O2. The van der Waals surface area contributed by atoms with E-state index in [1.807, 2.05) is 23.1 Å². The van der Waals surface area contributed by atoms with Crippen LogP contribution in [-0.4, -0.2) is 28.0 Å². The minimum absolute atomic E-state index is 0.0487. The average molecular weight is 349 g/mol. The van der Waals surface area contributed by atoms with Crippen molar-refractivity contribution in [3.63, 3.8) is 0 Å². The molecule has 1 aromatic heterocycles. The molecule has 0 aliphatic rings. The molecular weight excluding hydrogens is 324 g/mol. The van der Waals surface area contributed by atoms with Crippen LogP contribution in [0, 0.1) is 6.92 Å². The van der Waals surface area contributed by atoms with Crippen LogP contribution in [0.25, 0.3) is 11.3 Å². The van der Waals surface area contributed by atoms with Crippen molar-refractivity contribution in [1.29, 1.82) is 0 Å². The predicted octanol–water partition coefficient (Wildman–Crippen LogP) is 5.34. The van der Waals surface area contributed by atoms with Crippen LogP contribution in [0.5, 0.6) is 0 Å². The molecule has 0 saturated heterocycles. The van der Waals surface area contributed by atoms with Crippen LogP contribution in [0.4, 0.5) is 0 Å². The lowest BCUT2D eigenvalue weighted by Gasteiger charge is -2.34. The van der Waals surface area contributed by atoms with Gasteiger partial charge in [-0.2, -0.15) is 0 Å². The van der Waals surface area contributed by atoms with Gasteiger partial charge in [0, 0.05) is 17.6 Å². The molecule has 0 spiro atoms. The van der Waals surface area contributed by atoms with E-state index in [0.717, 1.165) is 12.8 Å². The van der Waals surface area contributed by atoms with Gasteiger partial charge < -0.3 is 9.42 Å². The van der Waals surface area contributed by atoms with Gasteiger partial charge in [-0.15, -0.1) is 0 Å². The number of hydrogen-bond donors (Lipinski definition) is 0. The summed E-state index contributed by atoms with van der Waals surface area (Å²) in [5, 5.41) is 4.67. The minimum atomic E-state index is -0.0487. The molecule has 2 aromatic rings. The van der Waals surface area contributed by atoms with E-state index in [0.29, 0.717) is 27.6 Å². The molecule has 2 rings (SSSR count). The second kappa shape index (κ2) is 7.84. The SMILES string of the molecule is CCC(C)N(C(=O)c1c(-c2ccccc2Cl)noc1C)C(C)CC. The molecule has 1 aromatic carbocycles. The van der Waals surface area contributed by atoms with Crippen LogP contribution in [0.1, 0.15) is 56.7 Å². The Morgan fingerprint density at radius 3 is 2.33 bits per heavy atom. The van der Waals surface area contributed by atoms with E-state index < -0.39 is 0 Å². The summed E-state index contributed by atoms with van der Waals surface area (Å²) in [5.41, 5.74) is 1.73. The number of nitrogens with zero attached hydrogens (tertiary/aromatic N) is 2. The number of rotatable bonds is 6. The molecule has 0 aliphatic carbocycles. The Hall–Kier alpha value is -1.81. The highest BCUT2D eigenvalue weighted by Crippen LogP contribution is 2.32. The smallest absolute Gasteiger partial charge is 0.260 e. The van der Waals surface area contributed by atoms with Crippen molar-refractivity contribution in [2.75, 3.05) is 0 Å². The Balaban J connectivity index is 2.53. The molecule has 0 fully saturated rings. The van der Waals surface area contributed by atoms with E-state index in [9.17, 15) is 4.79 Å². The van der Waals surface area contributed by atoms with E-state index in [1.54, 1.807) is 13.0 Å². The Kier molecular flexibility index (Phi) is 6.05. The zero-order chi connectivity index (χ0) is 17.9. The van der Waals surface area contributed by atoms with Crippen LogP contribution in [0.2, 0.25) is 5.02 Å². The molecule has 0 saturated carbocycles. The van der Waals surface area contributed by atoms with Crippen molar-refractivity contribution in [1.82, 2.24) is 10.1 Å². The summed E-state index contributed by atoms with van der Waals surface area (Å²) in [6.45, 7) is 10.1. The number of benzene rings is 1. The van der Waals surface area contributed by atoms with E-state index in [4.69, 9.17) is 16.1 Å². The van der Waals surface area contributed by atoms with Crippen molar-refractivity contribution < 1.29 is 9.32 Å². The topological polar surface area (TPSA) is 46.3 Å². The molecule has 2 unspecified atom stereocenters. The fraction of sp³-hybridized carbons (Fsp3) is 0.474. The zero-order valence-electron chi connectivity index (χ0n) is 15.0. The van der Waals surface area contributed by atoms with Crippen molar-refractivity contribution in [3.05, 3.63) is 40.6 Å². The van der Waals surface area contributed by atoms with Crippen LogP contribution < -0.4 is 0 Å². The van der Waals surface area contributed by atoms with Gasteiger partial charge in [-0.3, -0.25) is 4.79 Å². The van der Waals surface area contributed by atoms with E-state index >= 15 is 0 Å². The van der Waals surface area contributed by atoms with Gasteiger partial charge in [0.2, 0.25) is 0 Å². The second-order valence-corrected chi connectivity index (χ2v) is 6.58. The molecule has 1 heterocycles. The zero-order valence-corrected chi connectivity index (χ0v) is 15.7. The largest absolute Gasteiger partial charge is 0.360 e. The third-order valence-corrected chi connectivity index (χ3v) is 4.90. The molecule has 0 bridgehead atoms. The third-order valence-electron chi connectivity index (χ3n) is 4.57. The van der Waals surface area contributed by atoms with Gasteiger partial charge in [-0.25, -0.2) is 0 Å². The molecule has 0 N–H and O–H groups in total. The number of aryl methyl sites for hydroxylation is 1. The number of hydrogen-bond acceptors (Lipinski definition) is 3. The van der Waals surface area contributed by atoms with Gasteiger partial charge in [0.25, 0.3) is 5.91 Å². The van der Waals surface area contributed by atoms with E-state index in [2.05, 4.69) is 32.9 Å². The first-order valence-electron chi connectivity index (χ1n) is 8.46. The number of amides is 1. The maximum absolute atomic E-state index is 13.3. The molecule has 0 aliphatic heterocycles. The van der Waals surface area contributed by atoms with Crippen LogP contribution in [-0.2, 0) is 0 Å². The standard InChI is InChI=1S/C19H25ClN2O2/c1-6-12(3)22(13(4)7-2)19(23)17-14(5)24-21-18(17)15-10-8-9-11-16(15)20/h8-13H,6-7H2,1-5H3. The third kappa shape index (κ3) is 3.48. The van der Waals surface area contributed by atoms with Gasteiger partial charge in [-0.05, 0) is 39.7 Å². The fourth-order valence-electron chi connectivity index (χ4n) is 2.82. The molecule has 0 radical (unpaired) electrons. The van der Waals surface area contributed by atoms with Crippen LogP contribution in [0.3, 0.4) is 0 Å². The predicted molar refractivity (Wildman–Crippen MR) is 97.4 cm³/mol. The lowest BCUT2D eigenvalue weighted by molar-refractivity contribution is 0.0597. The summed E-state index contributed by atoms with van der Waals surface area (Å²) in [5.74, 6) is 0.471. The minimum Gasteiger partial charge on any atom is -0.360 e. The quantitative estimate of drug-likeness (QED) is 0.707. The first-order chi connectivity index (χ1) is 11.4. The Labute approximate surface area is 148 Å². The van der Waals surface area contributed by atoms with Gasteiger partial charge in [0.05, 0.1) is 5.02 Å². The van der Waals surface area contributed by atoms with Crippen LogP contribution >= 0.6 is 11.6 Å². The summed E-state index contributed by atoms with van der Waals surface area (Å²) in [6.07, 6.45) is 1.78. The summed E-state index contributed by atoms with van der Waals surface area (Å²) in [6, 6.07) is 7.65. The Morgan fingerprint density at radius 1 is 1.21 bits per heavy atom. The highest BCUT2D eigenvalue weighted by molar-refractivity contribution is 6.33. The molecule has 4 nitrogen and oxygen atoms in total. The Morgan fingerprint density at radius 2 is 1.79 bits per heavy atom. The maximum Gasteiger partial charge on any atom is 0.260 e. The molecule has 24 heavy (non-hydrogen) atoms. The van der Waals surface area contributed by atoms with Crippen LogP contribution in [0.15, 0.2) is 28.8 Å². The normalized spacial score (nSPS) is 13.6. The number of halogens is 1. The number of aromatic nitrogens is 1. The first-order valence-corrected chi connectivity index (χ1v) is 8.83. The monoisotopic (exact) mass is 348 g/mol. The lowest BCUT2D eigenvalue weighted by Crippen LogP contribution is -2.44. The Bertz CT molecular complexity index is 701. The first kappa shape index (κ1) is 18.5. The summed E-state index contributed by atoms with van der Waals surface area (Å²) in [7, 11) is 0. The second-order valence-electron chi connectivity index (χ2n) is 6.17. The number of carbonyl (C=O) groups excluding carboxylic acids is 1. The summed E-state index contributed by atoms with van der Waals surface area (Å²) < 4.78 is 5.35. The molecule has 1 amide bonds. The van der Waals surface area contributed by atoms with E-state index in [-0.39, 0.29) is 18.0 Å². The average Bonchev–Trinajstić information content (AvgIpc) is 2.96. The van der Waals surface area contributed by atoms with Crippen molar-refractivity contribution in [2.24, 2.45) is 0 Å². The summed E-state index contributed by atoms with van der Waals surface area (Å²) in [4.78, 5) is 15.2. The van der Waals surface area contributed by atoms with Crippen molar-refractivity contribution >= 4 is 17.5 Å². The molecule has 130 valence electrons. The maximum atomic E-state index is 13.3. The van der Waals surface area contributed by atoms with Gasteiger partial charge in [0.1, 0.15) is 17.0 Å². The lowest BCUT2D eigenvalue weighted by atomic mass is 10.0. The van der Waals surface area contributed by atoms with E-state index in [1.165, 1.54) is 0 Å². The van der Waals surface area contributed by atoms with Gasteiger partial charge in [-0.1, -0.05) is 48.8 Å². The van der Waals surface area contributed by atoms with Gasteiger partial charge in [0.15, 0.2) is 0 Å². The van der Waals surface area contributed by atoms with Crippen molar-refractivity contribution in [3.8, 4) is 11.3 Å². The summed E-state index contributed by atoms with van der Waals surface area (Å²) >= 11 is 6.30. The highest BCUT2D eigenvalue weighted by Gasteiger charge is 2.31. The fourth-order valence-corrected chi connectivity index (χ4v) is 3.04. The molecule has 5 heteroatoms. The van der Waals surface area contributed by atoms with Gasteiger partial charge >= 0.3 is 0 Å². The number of carbonyl (C=O) groups is 1.